The smallest absolute Gasteiger partial charge is 0.0707 e. The summed E-state index contributed by atoms with van der Waals surface area (Å²) in [5.41, 5.74) is 2.09. The van der Waals surface area contributed by atoms with E-state index in [1.807, 2.05) is 37.3 Å². The molecule has 2 heteroatoms. The lowest BCUT2D eigenvalue weighted by Gasteiger charge is -2.02. The first-order valence-electron chi connectivity index (χ1n) is 4.44. The molecular formula is C11H15NO. The van der Waals surface area contributed by atoms with Crippen molar-refractivity contribution in [3.8, 4) is 0 Å². The first kappa shape index (κ1) is 9.93. The van der Waals surface area contributed by atoms with Crippen molar-refractivity contribution >= 4 is 5.71 Å². The standard InChI is InChI=1S/C11H15NO/c1-9(13)8-12-10(2)11-6-4-3-5-7-11/h3-7,9,13H,8H2,1-2H3. The number of benzene rings is 1. The second-order valence-electron chi connectivity index (χ2n) is 3.14. The predicted molar refractivity (Wildman–Crippen MR) is 55.2 cm³/mol. The summed E-state index contributed by atoms with van der Waals surface area (Å²) in [6, 6.07) is 9.97. The van der Waals surface area contributed by atoms with Crippen LogP contribution in [0.15, 0.2) is 35.3 Å². The summed E-state index contributed by atoms with van der Waals surface area (Å²) in [6.45, 7) is 4.17. The van der Waals surface area contributed by atoms with Crippen LogP contribution in [0.3, 0.4) is 0 Å². The van der Waals surface area contributed by atoms with Gasteiger partial charge in [-0.3, -0.25) is 4.99 Å². The number of aliphatic hydroxyl groups is 1. The minimum Gasteiger partial charge on any atom is -0.391 e. The van der Waals surface area contributed by atoms with Crippen LogP contribution in [0.1, 0.15) is 19.4 Å². The monoisotopic (exact) mass is 177 g/mol. The summed E-state index contributed by atoms with van der Waals surface area (Å²) >= 11 is 0. The second-order valence-corrected chi connectivity index (χ2v) is 3.14. The Balaban J connectivity index is 2.68. The molecule has 0 saturated carbocycles. The van der Waals surface area contributed by atoms with Gasteiger partial charge in [0.2, 0.25) is 0 Å². The average Bonchev–Trinajstić information content (AvgIpc) is 2.15. The second kappa shape index (κ2) is 4.77. The van der Waals surface area contributed by atoms with E-state index in [-0.39, 0.29) is 6.10 Å². The van der Waals surface area contributed by atoms with E-state index in [9.17, 15) is 0 Å². The zero-order valence-electron chi connectivity index (χ0n) is 8.07. The third-order valence-corrected chi connectivity index (χ3v) is 1.78. The predicted octanol–water partition coefficient (Wildman–Crippen LogP) is 1.88. The Kier molecular flexibility index (Phi) is 3.65. The molecule has 1 atom stereocenters. The van der Waals surface area contributed by atoms with Gasteiger partial charge >= 0.3 is 0 Å². The summed E-state index contributed by atoms with van der Waals surface area (Å²) in [7, 11) is 0. The quantitative estimate of drug-likeness (QED) is 0.702. The van der Waals surface area contributed by atoms with Gasteiger partial charge in [0.25, 0.3) is 0 Å². The van der Waals surface area contributed by atoms with Crippen molar-refractivity contribution in [2.75, 3.05) is 6.54 Å². The van der Waals surface area contributed by atoms with Crippen molar-refractivity contribution in [3.05, 3.63) is 35.9 Å². The van der Waals surface area contributed by atoms with E-state index in [1.165, 1.54) is 0 Å². The molecule has 0 aliphatic rings. The topological polar surface area (TPSA) is 32.6 Å². The summed E-state index contributed by atoms with van der Waals surface area (Å²) in [4.78, 5) is 4.26. The Morgan fingerprint density at radius 1 is 1.38 bits per heavy atom. The van der Waals surface area contributed by atoms with Crippen LogP contribution in [-0.4, -0.2) is 23.5 Å². The van der Waals surface area contributed by atoms with Gasteiger partial charge in [-0.05, 0) is 19.4 Å². The Morgan fingerprint density at radius 2 is 2.00 bits per heavy atom. The van der Waals surface area contributed by atoms with Crippen molar-refractivity contribution in [1.29, 1.82) is 0 Å². The van der Waals surface area contributed by atoms with E-state index in [0.717, 1.165) is 11.3 Å². The average molecular weight is 177 g/mol. The molecule has 0 saturated heterocycles. The van der Waals surface area contributed by atoms with Crippen LogP contribution in [0, 0.1) is 0 Å². The molecule has 0 aliphatic heterocycles. The van der Waals surface area contributed by atoms with Gasteiger partial charge < -0.3 is 5.11 Å². The lowest BCUT2D eigenvalue weighted by Crippen LogP contribution is -2.06. The van der Waals surface area contributed by atoms with Crippen LogP contribution < -0.4 is 0 Å². The van der Waals surface area contributed by atoms with Gasteiger partial charge in [0.05, 0.1) is 12.6 Å². The summed E-state index contributed by atoms with van der Waals surface area (Å²) in [5.74, 6) is 0. The highest BCUT2D eigenvalue weighted by atomic mass is 16.3. The molecule has 2 nitrogen and oxygen atoms in total. The highest BCUT2D eigenvalue weighted by Gasteiger charge is 1.96. The van der Waals surface area contributed by atoms with Crippen LogP contribution in [0.2, 0.25) is 0 Å². The van der Waals surface area contributed by atoms with Crippen LogP contribution in [0.5, 0.6) is 0 Å². The maximum Gasteiger partial charge on any atom is 0.0707 e. The molecule has 13 heavy (non-hydrogen) atoms. The van der Waals surface area contributed by atoms with Crippen LogP contribution in [-0.2, 0) is 0 Å². The van der Waals surface area contributed by atoms with E-state index in [1.54, 1.807) is 6.92 Å². The van der Waals surface area contributed by atoms with E-state index in [0.29, 0.717) is 6.54 Å². The number of aliphatic hydroxyl groups excluding tert-OH is 1. The molecule has 0 bridgehead atoms. The fraction of sp³-hybridized carbons (Fsp3) is 0.364. The highest BCUT2D eigenvalue weighted by molar-refractivity contribution is 5.98. The molecule has 0 spiro atoms. The highest BCUT2D eigenvalue weighted by Crippen LogP contribution is 2.00. The lowest BCUT2D eigenvalue weighted by molar-refractivity contribution is 0.204. The van der Waals surface area contributed by atoms with Crippen LogP contribution >= 0.6 is 0 Å². The fourth-order valence-electron chi connectivity index (χ4n) is 1.04. The SMILES string of the molecule is CC(=NCC(C)O)c1ccccc1. The van der Waals surface area contributed by atoms with Gasteiger partial charge in [0, 0.05) is 5.71 Å². The van der Waals surface area contributed by atoms with Crippen LogP contribution in [0.4, 0.5) is 0 Å². The molecular weight excluding hydrogens is 162 g/mol. The molecule has 1 aromatic rings. The van der Waals surface area contributed by atoms with E-state index >= 15 is 0 Å². The van der Waals surface area contributed by atoms with Crippen LogP contribution in [0.25, 0.3) is 0 Å². The molecule has 1 rings (SSSR count). The van der Waals surface area contributed by atoms with Gasteiger partial charge in [-0.25, -0.2) is 0 Å². The van der Waals surface area contributed by atoms with Crippen molar-refractivity contribution in [3.63, 3.8) is 0 Å². The molecule has 0 aliphatic carbocycles. The normalized spacial score (nSPS) is 14.2. The molecule has 0 amide bonds. The first-order valence-corrected chi connectivity index (χ1v) is 4.44. The summed E-state index contributed by atoms with van der Waals surface area (Å²) < 4.78 is 0. The van der Waals surface area contributed by atoms with E-state index in [4.69, 9.17) is 5.11 Å². The van der Waals surface area contributed by atoms with Gasteiger partial charge in [-0.2, -0.15) is 0 Å². The first-order chi connectivity index (χ1) is 6.20. The van der Waals surface area contributed by atoms with Gasteiger partial charge in [-0.15, -0.1) is 0 Å². The zero-order valence-corrected chi connectivity index (χ0v) is 8.07. The van der Waals surface area contributed by atoms with E-state index in [2.05, 4.69) is 4.99 Å². The van der Waals surface area contributed by atoms with Crippen molar-refractivity contribution in [2.45, 2.75) is 20.0 Å². The maximum atomic E-state index is 9.04. The number of hydrogen-bond acceptors (Lipinski definition) is 2. The van der Waals surface area contributed by atoms with Crippen molar-refractivity contribution in [1.82, 2.24) is 0 Å². The Labute approximate surface area is 78.9 Å². The summed E-state index contributed by atoms with van der Waals surface area (Å²) in [6.07, 6.45) is -0.362. The minimum absolute atomic E-state index is 0.362. The Bertz CT molecular complexity index is 277. The molecule has 0 aromatic heterocycles. The van der Waals surface area contributed by atoms with Gasteiger partial charge in [0.1, 0.15) is 0 Å². The van der Waals surface area contributed by atoms with Crippen molar-refractivity contribution in [2.24, 2.45) is 4.99 Å². The number of hydrogen-bond donors (Lipinski definition) is 1. The number of aliphatic imine (C=N–C) groups is 1. The van der Waals surface area contributed by atoms with Gasteiger partial charge in [0.15, 0.2) is 0 Å². The zero-order chi connectivity index (χ0) is 9.68. The Hall–Kier alpha value is -1.15. The molecule has 1 N–H and O–H groups in total. The lowest BCUT2D eigenvalue weighted by atomic mass is 10.1. The molecule has 1 unspecified atom stereocenters. The van der Waals surface area contributed by atoms with Gasteiger partial charge in [-0.1, -0.05) is 30.3 Å². The molecule has 0 fully saturated rings. The number of rotatable bonds is 3. The third kappa shape index (κ3) is 3.38. The number of nitrogens with zero attached hydrogens (tertiary/aromatic N) is 1. The maximum absolute atomic E-state index is 9.04. The van der Waals surface area contributed by atoms with E-state index < -0.39 is 0 Å². The summed E-state index contributed by atoms with van der Waals surface area (Å²) in [5, 5.41) is 9.04. The third-order valence-electron chi connectivity index (χ3n) is 1.78. The molecule has 0 heterocycles. The molecule has 0 radical (unpaired) electrons. The Morgan fingerprint density at radius 3 is 2.54 bits per heavy atom. The fourth-order valence-corrected chi connectivity index (χ4v) is 1.04. The largest absolute Gasteiger partial charge is 0.391 e. The molecule has 1 aromatic carbocycles. The van der Waals surface area contributed by atoms with Crippen molar-refractivity contribution < 1.29 is 5.11 Å². The minimum atomic E-state index is -0.362. The molecule has 70 valence electrons.